The number of carbonyl (C=O) groups is 1. The predicted molar refractivity (Wildman–Crippen MR) is 55.8 cm³/mol. The molecule has 1 aliphatic rings. The van der Waals surface area contributed by atoms with E-state index in [2.05, 4.69) is 9.46 Å². The Hall–Kier alpha value is -0.620. The van der Waals surface area contributed by atoms with Gasteiger partial charge in [0.15, 0.2) is 5.75 Å². The third-order valence-corrected chi connectivity index (χ3v) is 3.62. The quantitative estimate of drug-likeness (QED) is 0.701. The molecular formula is C9H17NO4S. The van der Waals surface area contributed by atoms with Crippen LogP contribution in [0.25, 0.3) is 0 Å². The van der Waals surface area contributed by atoms with Gasteiger partial charge >= 0.3 is 5.97 Å². The fourth-order valence-corrected chi connectivity index (χ4v) is 2.92. The van der Waals surface area contributed by atoms with Crippen LogP contribution in [0.1, 0.15) is 32.6 Å². The van der Waals surface area contributed by atoms with Crippen molar-refractivity contribution in [1.82, 2.24) is 4.72 Å². The summed E-state index contributed by atoms with van der Waals surface area (Å²) in [5.74, 6) is -1.26. The number of hydrogen-bond donors (Lipinski definition) is 1. The molecule has 1 rings (SSSR count). The lowest BCUT2D eigenvalue weighted by atomic mass is 10.3. The largest absolute Gasteiger partial charge is 0.465 e. The lowest BCUT2D eigenvalue weighted by molar-refractivity contribution is -0.139. The lowest BCUT2D eigenvalue weighted by Crippen LogP contribution is -2.37. The highest BCUT2D eigenvalue weighted by atomic mass is 32.2. The van der Waals surface area contributed by atoms with Gasteiger partial charge in [-0.15, -0.1) is 0 Å². The number of rotatable bonds is 5. The van der Waals surface area contributed by atoms with Crippen molar-refractivity contribution in [3.8, 4) is 0 Å². The van der Waals surface area contributed by atoms with Crippen LogP contribution in [-0.4, -0.2) is 32.8 Å². The minimum absolute atomic E-state index is 0.00410. The van der Waals surface area contributed by atoms with E-state index in [0.717, 1.165) is 25.7 Å². The molecule has 0 radical (unpaired) electrons. The molecule has 1 N–H and O–H groups in total. The summed E-state index contributed by atoms with van der Waals surface area (Å²) in [6, 6.07) is 0.00410. The third-order valence-electron chi connectivity index (χ3n) is 2.31. The molecule has 5 nitrogen and oxygen atoms in total. The maximum Gasteiger partial charge on any atom is 0.322 e. The molecule has 0 aromatic heterocycles. The molecule has 15 heavy (non-hydrogen) atoms. The van der Waals surface area contributed by atoms with Crippen LogP contribution in [0.2, 0.25) is 0 Å². The van der Waals surface area contributed by atoms with Crippen molar-refractivity contribution in [2.75, 3.05) is 12.4 Å². The molecular weight excluding hydrogens is 218 g/mol. The molecule has 0 spiro atoms. The standard InChI is InChI=1S/C9H17NO4S/c1-2-14-9(11)7-15(12,13)10-8-5-3-4-6-8/h8,10H,2-7H2,1H3. The van der Waals surface area contributed by atoms with Crippen LogP contribution in [0.5, 0.6) is 0 Å². The van der Waals surface area contributed by atoms with E-state index >= 15 is 0 Å². The maximum atomic E-state index is 11.5. The molecule has 0 saturated heterocycles. The SMILES string of the molecule is CCOC(=O)CS(=O)(=O)NC1CCCC1. The molecule has 1 aliphatic carbocycles. The average Bonchev–Trinajstić information content (AvgIpc) is 2.54. The molecule has 6 heteroatoms. The van der Waals surface area contributed by atoms with Gasteiger partial charge < -0.3 is 4.74 Å². The number of hydrogen-bond acceptors (Lipinski definition) is 4. The summed E-state index contributed by atoms with van der Waals surface area (Å²) in [5.41, 5.74) is 0. The molecule has 0 bridgehead atoms. The van der Waals surface area contributed by atoms with Crippen molar-refractivity contribution in [3.05, 3.63) is 0 Å². The Labute approximate surface area is 90.2 Å². The first-order chi connectivity index (χ1) is 7.03. The van der Waals surface area contributed by atoms with E-state index in [4.69, 9.17) is 0 Å². The van der Waals surface area contributed by atoms with E-state index < -0.39 is 21.7 Å². The van der Waals surface area contributed by atoms with Crippen molar-refractivity contribution >= 4 is 16.0 Å². The molecule has 0 heterocycles. The van der Waals surface area contributed by atoms with Gasteiger partial charge in [-0.3, -0.25) is 4.79 Å². The Morgan fingerprint density at radius 3 is 2.53 bits per heavy atom. The zero-order valence-electron chi connectivity index (χ0n) is 8.86. The molecule has 0 atom stereocenters. The monoisotopic (exact) mass is 235 g/mol. The molecule has 1 saturated carbocycles. The number of carbonyl (C=O) groups excluding carboxylic acids is 1. The van der Waals surface area contributed by atoms with Crippen molar-refractivity contribution in [2.45, 2.75) is 38.6 Å². The van der Waals surface area contributed by atoms with E-state index in [9.17, 15) is 13.2 Å². The Kier molecular flexibility index (Phi) is 4.53. The smallest absolute Gasteiger partial charge is 0.322 e. The highest BCUT2D eigenvalue weighted by Gasteiger charge is 2.23. The second-order valence-corrected chi connectivity index (χ2v) is 5.42. The van der Waals surface area contributed by atoms with E-state index in [-0.39, 0.29) is 12.6 Å². The molecule has 0 amide bonds. The lowest BCUT2D eigenvalue weighted by Gasteiger charge is -2.11. The summed E-state index contributed by atoms with van der Waals surface area (Å²) >= 11 is 0. The van der Waals surface area contributed by atoms with Gasteiger partial charge in [0.05, 0.1) is 6.61 Å². The normalized spacial score (nSPS) is 17.9. The van der Waals surface area contributed by atoms with Crippen molar-refractivity contribution in [1.29, 1.82) is 0 Å². The maximum absolute atomic E-state index is 11.5. The zero-order chi connectivity index (χ0) is 11.3. The van der Waals surface area contributed by atoms with Gasteiger partial charge in [-0.05, 0) is 19.8 Å². The van der Waals surface area contributed by atoms with Crippen molar-refractivity contribution in [3.63, 3.8) is 0 Å². The van der Waals surface area contributed by atoms with E-state index in [0.29, 0.717) is 0 Å². The Morgan fingerprint density at radius 2 is 2.00 bits per heavy atom. The minimum Gasteiger partial charge on any atom is -0.465 e. The topological polar surface area (TPSA) is 72.5 Å². The van der Waals surface area contributed by atoms with Gasteiger partial charge in [0, 0.05) is 6.04 Å². The van der Waals surface area contributed by atoms with Crippen LogP contribution in [0.3, 0.4) is 0 Å². The van der Waals surface area contributed by atoms with E-state index in [1.54, 1.807) is 6.92 Å². The highest BCUT2D eigenvalue weighted by Crippen LogP contribution is 2.18. The summed E-state index contributed by atoms with van der Waals surface area (Å²) in [6.45, 7) is 1.85. The van der Waals surface area contributed by atoms with Gasteiger partial charge in [0.25, 0.3) is 0 Å². The van der Waals surface area contributed by atoms with Gasteiger partial charge in [-0.1, -0.05) is 12.8 Å². The molecule has 1 fully saturated rings. The second-order valence-electron chi connectivity index (χ2n) is 3.66. The van der Waals surface area contributed by atoms with E-state index in [1.165, 1.54) is 0 Å². The number of ether oxygens (including phenoxy) is 1. The average molecular weight is 235 g/mol. The van der Waals surface area contributed by atoms with E-state index in [1.807, 2.05) is 0 Å². The second kappa shape index (κ2) is 5.46. The van der Waals surface area contributed by atoms with Crippen LogP contribution in [0.15, 0.2) is 0 Å². The van der Waals surface area contributed by atoms with Gasteiger partial charge in [-0.2, -0.15) is 0 Å². The van der Waals surface area contributed by atoms with Crippen molar-refractivity contribution < 1.29 is 17.9 Å². The molecule has 0 aromatic rings. The summed E-state index contributed by atoms with van der Waals surface area (Å²) < 4.78 is 30.0. The summed E-state index contributed by atoms with van der Waals surface area (Å²) in [6.07, 6.45) is 3.82. The molecule has 0 unspecified atom stereocenters. The number of sulfonamides is 1. The highest BCUT2D eigenvalue weighted by molar-refractivity contribution is 7.90. The third kappa shape index (κ3) is 4.61. The number of nitrogens with one attached hydrogen (secondary N) is 1. The Balaban J connectivity index is 2.40. The fraction of sp³-hybridized carbons (Fsp3) is 0.889. The van der Waals surface area contributed by atoms with Crippen LogP contribution < -0.4 is 4.72 Å². The first-order valence-electron chi connectivity index (χ1n) is 5.19. The number of esters is 1. The predicted octanol–water partition coefficient (Wildman–Crippen LogP) is 0.411. The molecule has 0 aromatic carbocycles. The molecule has 88 valence electrons. The summed E-state index contributed by atoms with van der Waals surface area (Å²) in [4.78, 5) is 11.0. The summed E-state index contributed by atoms with van der Waals surface area (Å²) in [5, 5.41) is 0. The van der Waals surface area contributed by atoms with Crippen LogP contribution in [-0.2, 0) is 19.6 Å². The van der Waals surface area contributed by atoms with Crippen molar-refractivity contribution in [2.24, 2.45) is 0 Å². The first-order valence-corrected chi connectivity index (χ1v) is 6.84. The van der Waals surface area contributed by atoms with Gasteiger partial charge in [0.2, 0.25) is 10.0 Å². The fourth-order valence-electron chi connectivity index (χ4n) is 1.70. The Morgan fingerprint density at radius 1 is 1.40 bits per heavy atom. The van der Waals surface area contributed by atoms with Crippen LogP contribution >= 0.6 is 0 Å². The molecule has 0 aliphatic heterocycles. The van der Waals surface area contributed by atoms with Crippen LogP contribution in [0, 0.1) is 0 Å². The van der Waals surface area contributed by atoms with Gasteiger partial charge in [-0.25, -0.2) is 13.1 Å². The first kappa shape index (κ1) is 12.4. The zero-order valence-corrected chi connectivity index (χ0v) is 9.68. The summed E-state index contributed by atoms with van der Waals surface area (Å²) in [7, 11) is -3.51. The Bertz CT molecular complexity index is 306. The van der Waals surface area contributed by atoms with Crippen LogP contribution in [0.4, 0.5) is 0 Å². The van der Waals surface area contributed by atoms with Gasteiger partial charge in [0.1, 0.15) is 0 Å². The minimum atomic E-state index is -3.51.